The van der Waals surface area contributed by atoms with E-state index in [1.54, 1.807) is 12.1 Å². The van der Waals surface area contributed by atoms with Gasteiger partial charge in [-0.25, -0.2) is 4.39 Å². The van der Waals surface area contributed by atoms with Crippen molar-refractivity contribution in [3.05, 3.63) is 30.1 Å². The summed E-state index contributed by atoms with van der Waals surface area (Å²) < 4.78 is 18.2. The standard InChI is InChI=1S/C14H18FNO2/c15-12-6-3-7-13(10-12)18-9-8-16-14(17)11-4-1-2-5-11/h3,6-7,10-11H,1-2,4-5,8-9H2,(H,16,17). The highest BCUT2D eigenvalue weighted by Gasteiger charge is 2.21. The third-order valence-electron chi connectivity index (χ3n) is 3.19. The Labute approximate surface area is 106 Å². The molecular weight excluding hydrogens is 233 g/mol. The Hall–Kier alpha value is -1.58. The molecule has 98 valence electrons. The van der Waals surface area contributed by atoms with Crippen LogP contribution in [0.25, 0.3) is 0 Å². The highest BCUT2D eigenvalue weighted by atomic mass is 19.1. The molecule has 1 saturated carbocycles. The topological polar surface area (TPSA) is 38.3 Å². The number of hydrogen-bond donors (Lipinski definition) is 1. The highest BCUT2D eigenvalue weighted by molar-refractivity contribution is 5.78. The van der Waals surface area contributed by atoms with E-state index in [2.05, 4.69) is 5.32 Å². The van der Waals surface area contributed by atoms with Crippen LogP contribution in [0.5, 0.6) is 5.75 Å². The Kier molecular flexibility index (Phi) is 4.56. The number of nitrogens with one attached hydrogen (secondary N) is 1. The summed E-state index contributed by atoms with van der Waals surface area (Å²) in [4.78, 5) is 11.7. The van der Waals surface area contributed by atoms with Crippen LogP contribution in [0.1, 0.15) is 25.7 Å². The maximum Gasteiger partial charge on any atom is 0.223 e. The predicted molar refractivity (Wildman–Crippen MR) is 66.9 cm³/mol. The summed E-state index contributed by atoms with van der Waals surface area (Å²) in [7, 11) is 0. The van der Waals surface area contributed by atoms with Crippen molar-refractivity contribution in [3.8, 4) is 5.75 Å². The normalized spacial score (nSPS) is 15.6. The van der Waals surface area contributed by atoms with E-state index in [0.717, 1.165) is 25.7 Å². The van der Waals surface area contributed by atoms with E-state index in [4.69, 9.17) is 4.74 Å². The molecule has 1 aliphatic carbocycles. The average molecular weight is 251 g/mol. The molecule has 1 aromatic carbocycles. The number of rotatable bonds is 5. The molecule has 0 unspecified atom stereocenters. The second-order valence-electron chi connectivity index (χ2n) is 4.58. The molecule has 1 amide bonds. The van der Waals surface area contributed by atoms with Crippen molar-refractivity contribution in [1.82, 2.24) is 5.32 Å². The molecule has 0 atom stereocenters. The Bertz CT molecular complexity index is 403. The minimum atomic E-state index is -0.317. The molecule has 1 fully saturated rings. The second kappa shape index (κ2) is 6.38. The van der Waals surface area contributed by atoms with Crippen molar-refractivity contribution in [1.29, 1.82) is 0 Å². The lowest BCUT2D eigenvalue weighted by atomic mass is 10.1. The first kappa shape index (κ1) is 12.9. The van der Waals surface area contributed by atoms with E-state index in [1.165, 1.54) is 12.1 Å². The van der Waals surface area contributed by atoms with Crippen LogP contribution in [0.15, 0.2) is 24.3 Å². The molecule has 2 rings (SSSR count). The average Bonchev–Trinajstić information content (AvgIpc) is 2.88. The van der Waals surface area contributed by atoms with Crippen molar-refractivity contribution < 1.29 is 13.9 Å². The fourth-order valence-corrected chi connectivity index (χ4v) is 2.23. The molecule has 0 spiro atoms. The minimum Gasteiger partial charge on any atom is -0.492 e. The lowest BCUT2D eigenvalue weighted by molar-refractivity contribution is -0.124. The summed E-state index contributed by atoms with van der Waals surface area (Å²) in [5.74, 6) is 0.474. The third kappa shape index (κ3) is 3.72. The fraction of sp³-hybridized carbons (Fsp3) is 0.500. The lowest BCUT2D eigenvalue weighted by Crippen LogP contribution is -2.32. The van der Waals surface area contributed by atoms with Crippen LogP contribution in [0.2, 0.25) is 0 Å². The molecule has 0 aliphatic heterocycles. The van der Waals surface area contributed by atoms with Gasteiger partial charge in [0, 0.05) is 12.0 Å². The van der Waals surface area contributed by atoms with E-state index < -0.39 is 0 Å². The Balaban J connectivity index is 1.65. The van der Waals surface area contributed by atoms with Crippen LogP contribution in [-0.2, 0) is 4.79 Å². The molecular formula is C14H18FNO2. The largest absolute Gasteiger partial charge is 0.492 e. The lowest BCUT2D eigenvalue weighted by Gasteiger charge is -2.11. The number of amides is 1. The van der Waals surface area contributed by atoms with Crippen LogP contribution in [0.3, 0.4) is 0 Å². The molecule has 4 heteroatoms. The van der Waals surface area contributed by atoms with E-state index >= 15 is 0 Å². The summed E-state index contributed by atoms with van der Waals surface area (Å²) in [6.45, 7) is 0.827. The highest BCUT2D eigenvalue weighted by Crippen LogP contribution is 2.24. The SMILES string of the molecule is O=C(NCCOc1cccc(F)c1)C1CCCC1. The summed E-state index contributed by atoms with van der Waals surface area (Å²) >= 11 is 0. The van der Waals surface area contributed by atoms with Gasteiger partial charge in [-0.05, 0) is 25.0 Å². The maximum absolute atomic E-state index is 12.9. The van der Waals surface area contributed by atoms with Gasteiger partial charge < -0.3 is 10.1 Å². The molecule has 0 saturated heterocycles. The molecule has 0 radical (unpaired) electrons. The van der Waals surface area contributed by atoms with Gasteiger partial charge in [0.25, 0.3) is 0 Å². The van der Waals surface area contributed by atoms with E-state index in [-0.39, 0.29) is 17.6 Å². The van der Waals surface area contributed by atoms with Gasteiger partial charge in [0.1, 0.15) is 18.2 Å². The number of carbonyl (C=O) groups excluding carboxylic acids is 1. The first-order valence-corrected chi connectivity index (χ1v) is 6.42. The predicted octanol–water partition coefficient (Wildman–Crippen LogP) is 2.51. The summed E-state index contributed by atoms with van der Waals surface area (Å²) in [5.41, 5.74) is 0. The number of ether oxygens (including phenoxy) is 1. The third-order valence-corrected chi connectivity index (χ3v) is 3.19. The van der Waals surface area contributed by atoms with Gasteiger partial charge in [-0.2, -0.15) is 0 Å². The first-order valence-electron chi connectivity index (χ1n) is 6.42. The Morgan fingerprint density at radius 3 is 2.89 bits per heavy atom. The Morgan fingerprint density at radius 1 is 1.39 bits per heavy atom. The smallest absolute Gasteiger partial charge is 0.223 e. The van der Waals surface area contributed by atoms with Crippen molar-refractivity contribution in [3.63, 3.8) is 0 Å². The monoisotopic (exact) mass is 251 g/mol. The summed E-state index contributed by atoms with van der Waals surface area (Å²) in [6, 6.07) is 6.00. The molecule has 0 aromatic heterocycles. The number of carbonyl (C=O) groups is 1. The van der Waals surface area contributed by atoms with E-state index in [9.17, 15) is 9.18 Å². The molecule has 1 aliphatic rings. The van der Waals surface area contributed by atoms with Crippen LogP contribution < -0.4 is 10.1 Å². The molecule has 1 aromatic rings. The number of hydrogen-bond acceptors (Lipinski definition) is 2. The minimum absolute atomic E-state index is 0.121. The quantitative estimate of drug-likeness (QED) is 0.817. The van der Waals surface area contributed by atoms with Gasteiger partial charge in [0.2, 0.25) is 5.91 Å². The zero-order valence-corrected chi connectivity index (χ0v) is 10.3. The van der Waals surface area contributed by atoms with Gasteiger partial charge in [0.05, 0.1) is 6.54 Å². The van der Waals surface area contributed by atoms with Crippen LogP contribution in [0.4, 0.5) is 4.39 Å². The summed E-state index contributed by atoms with van der Waals surface area (Å²) in [6.07, 6.45) is 4.29. The second-order valence-corrected chi connectivity index (χ2v) is 4.58. The van der Waals surface area contributed by atoms with Gasteiger partial charge in [-0.1, -0.05) is 18.9 Å². The van der Waals surface area contributed by atoms with Crippen molar-refractivity contribution in [2.24, 2.45) is 5.92 Å². The van der Waals surface area contributed by atoms with Gasteiger partial charge in [-0.3, -0.25) is 4.79 Å². The molecule has 18 heavy (non-hydrogen) atoms. The number of halogens is 1. The number of benzene rings is 1. The van der Waals surface area contributed by atoms with Gasteiger partial charge >= 0.3 is 0 Å². The molecule has 3 nitrogen and oxygen atoms in total. The molecule has 0 bridgehead atoms. The molecule has 1 N–H and O–H groups in total. The summed E-state index contributed by atoms with van der Waals surface area (Å²) in [5, 5.41) is 2.85. The zero-order chi connectivity index (χ0) is 12.8. The van der Waals surface area contributed by atoms with Gasteiger partial charge in [0.15, 0.2) is 0 Å². The Morgan fingerprint density at radius 2 is 2.17 bits per heavy atom. The van der Waals surface area contributed by atoms with Gasteiger partial charge in [-0.15, -0.1) is 0 Å². The zero-order valence-electron chi connectivity index (χ0n) is 10.3. The van der Waals surface area contributed by atoms with E-state index in [0.29, 0.717) is 18.9 Å². The van der Waals surface area contributed by atoms with Crippen LogP contribution in [0, 0.1) is 11.7 Å². The van der Waals surface area contributed by atoms with Crippen molar-refractivity contribution >= 4 is 5.91 Å². The van der Waals surface area contributed by atoms with E-state index in [1.807, 2.05) is 0 Å². The molecule has 0 heterocycles. The van der Waals surface area contributed by atoms with Crippen LogP contribution in [-0.4, -0.2) is 19.1 Å². The maximum atomic E-state index is 12.9. The van der Waals surface area contributed by atoms with Crippen molar-refractivity contribution in [2.45, 2.75) is 25.7 Å². The first-order chi connectivity index (χ1) is 8.75. The van der Waals surface area contributed by atoms with Crippen LogP contribution >= 0.6 is 0 Å². The fourth-order valence-electron chi connectivity index (χ4n) is 2.23. The van der Waals surface area contributed by atoms with Crippen molar-refractivity contribution in [2.75, 3.05) is 13.2 Å².